The van der Waals surface area contributed by atoms with E-state index in [2.05, 4.69) is 15.6 Å². The number of carbonyl (C=O) groups is 3. The maximum absolute atomic E-state index is 12.7. The van der Waals surface area contributed by atoms with Crippen LogP contribution in [0.5, 0.6) is 5.75 Å². The number of ketones is 1. The summed E-state index contributed by atoms with van der Waals surface area (Å²) >= 11 is 12.2. The average Bonchev–Trinajstić information content (AvgIpc) is 2.84. The predicted molar refractivity (Wildman–Crippen MR) is 137 cm³/mol. The Balaban J connectivity index is 1.60. The van der Waals surface area contributed by atoms with Crippen LogP contribution in [0.1, 0.15) is 41.2 Å². The van der Waals surface area contributed by atoms with E-state index in [0.29, 0.717) is 24.5 Å². The van der Waals surface area contributed by atoms with Gasteiger partial charge >= 0.3 is 5.97 Å². The first-order chi connectivity index (χ1) is 17.2. The number of halogens is 2. The molecule has 12 heteroatoms. The van der Waals surface area contributed by atoms with E-state index in [1.807, 2.05) is 0 Å². The van der Waals surface area contributed by atoms with Gasteiger partial charge in [-0.25, -0.2) is 9.79 Å². The van der Waals surface area contributed by atoms with Crippen LogP contribution in [0.4, 0.5) is 5.69 Å². The van der Waals surface area contributed by atoms with Gasteiger partial charge in [0.25, 0.3) is 5.91 Å². The molecule has 6 N–H and O–H groups in total. The third-order valence-electron chi connectivity index (χ3n) is 5.53. The summed E-state index contributed by atoms with van der Waals surface area (Å²) in [6.07, 6.45) is 0.707. The molecule has 2 aromatic rings. The summed E-state index contributed by atoms with van der Waals surface area (Å²) in [7, 11) is 1.20. The van der Waals surface area contributed by atoms with Gasteiger partial charge in [0.05, 0.1) is 41.6 Å². The van der Waals surface area contributed by atoms with Gasteiger partial charge in [0.15, 0.2) is 5.96 Å². The van der Waals surface area contributed by atoms with Crippen molar-refractivity contribution in [2.75, 3.05) is 20.3 Å². The predicted octanol–water partition coefficient (Wildman–Crippen LogP) is 2.63. The number of hydrogen-bond acceptors (Lipinski definition) is 7. The summed E-state index contributed by atoms with van der Waals surface area (Å²) in [6, 6.07) is 8.75. The van der Waals surface area contributed by atoms with Gasteiger partial charge in [-0.05, 0) is 36.8 Å². The number of esters is 1. The van der Waals surface area contributed by atoms with Crippen molar-refractivity contribution in [2.24, 2.45) is 16.5 Å². The van der Waals surface area contributed by atoms with E-state index in [9.17, 15) is 14.4 Å². The SMILES string of the molecule is COC(=O)[C@H](CCC(=O)CNC1CCOc2ccc(N=C(N)N)cc21)NC(=O)c1c(Cl)cccc1Cl. The van der Waals surface area contributed by atoms with Gasteiger partial charge in [0, 0.05) is 24.4 Å². The van der Waals surface area contributed by atoms with Gasteiger partial charge in [-0.3, -0.25) is 9.59 Å². The highest BCUT2D eigenvalue weighted by molar-refractivity contribution is 6.39. The smallest absolute Gasteiger partial charge is 0.328 e. The van der Waals surface area contributed by atoms with Crippen LogP contribution < -0.4 is 26.8 Å². The fraction of sp³-hybridized carbons (Fsp3) is 0.333. The third kappa shape index (κ3) is 7.09. The molecule has 36 heavy (non-hydrogen) atoms. The van der Waals surface area contributed by atoms with Crippen LogP contribution in [0.25, 0.3) is 0 Å². The molecule has 1 amide bonds. The fourth-order valence-corrected chi connectivity index (χ4v) is 4.35. The van der Waals surface area contributed by atoms with E-state index in [4.69, 9.17) is 44.1 Å². The topological polar surface area (TPSA) is 158 Å². The Morgan fingerprint density at radius 1 is 1.19 bits per heavy atom. The first-order valence-corrected chi connectivity index (χ1v) is 11.9. The van der Waals surface area contributed by atoms with Crippen LogP contribution in [0, 0.1) is 0 Å². The monoisotopic (exact) mass is 535 g/mol. The molecule has 0 aromatic heterocycles. The number of fused-ring (bicyclic) bond motifs is 1. The van der Waals surface area contributed by atoms with Crippen molar-refractivity contribution in [2.45, 2.75) is 31.3 Å². The van der Waals surface area contributed by atoms with E-state index in [-0.39, 0.29) is 52.8 Å². The quantitative estimate of drug-likeness (QED) is 0.205. The van der Waals surface area contributed by atoms with Gasteiger partial charge in [-0.2, -0.15) is 0 Å². The van der Waals surface area contributed by atoms with Crippen LogP contribution in [0.2, 0.25) is 10.0 Å². The molecule has 1 unspecified atom stereocenters. The Kier molecular flexibility index (Phi) is 9.51. The van der Waals surface area contributed by atoms with E-state index >= 15 is 0 Å². The molecule has 0 bridgehead atoms. The van der Waals surface area contributed by atoms with Crippen molar-refractivity contribution in [3.8, 4) is 5.75 Å². The summed E-state index contributed by atoms with van der Waals surface area (Å²) in [5.41, 5.74) is 12.4. The molecule has 10 nitrogen and oxygen atoms in total. The molecule has 2 atom stereocenters. The minimum absolute atomic E-state index is 0.0212. The minimum Gasteiger partial charge on any atom is -0.493 e. The summed E-state index contributed by atoms with van der Waals surface area (Å²) in [4.78, 5) is 41.6. The van der Waals surface area contributed by atoms with Crippen LogP contribution in [0.15, 0.2) is 41.4 Å². The normalized spacial score (nSPS) is 15.1. The second-order valence-corrected chi connectivity index (χ2v) is 8.87. The molecule has 0 aliphatic carbocycles. The summed E-state index contributed by atoms with van der Waals surface area (Å²) < 4.78 is 10.5. The summed E-state index contributed by atoms with van der Waals surface area (Å²) in [5.74, 6) is -0.843. The number of ether oxygens (including phenoxy) is 2. The standard InChI is InChI=1S/C24H27Cl2N5O5/c1-35-23(34)19(31-22(33)21-16(25)3-2-4-17(21)26)7-6-14(32)12-29-18-9-10-36-20-8-5-13(11-15(18)20)30-24(27)28/h2-5,8,11,18-19,29H,6-7,9-10,12H2,1H3,(H,31,33)(H4,27,28,30)/t18?,19-/m0/s1. The second kappa shape index (κ2) is 12.6. The van der Waals surface area contributed by atoms with E-state index in [1.165, 1.54) is 19.2 Å². The van der Waals surface area contributed by atoms with Crippen LogP contribution in [-0.4, -0.2) is 49.9 Å². The highest BCUT2D eigenvalue weighted by atomic mass is 35.5. The molecule has 0 radical (unpaired) electrons. The minimum atomic E-state index is -1.05. The summed E-state index contributed by atoms with van der Waals surface area (Å²) in [5, 5.41) is 6.07. The molecule has 0 saturated carbocycles. The van der Waals surface area contributed by atoms with Crippen molar-refractivity contribution in [3.05, 3.63) is 57.6 Å². The molecule has 1 aliphatic heterocycles. The van der Waals surface area contributed by atoms with Crippen LogP contribution >= 0.6 is 23.2 Å². The fourth-order valence-electron chi connectivity index (χ4n) is 3.78. The van der Waals surface area contributed by atoms with Crippen molar-refractivity contribution >= 4 is 52.5 Å². The lowest BCUT2D eigenvalue weighted by atomic mass is 9.99. The largest absolute Gasteiger partial charge is 0.493 e. The number of nitrogens with zero attached hydrogens (tertiary/aromatic N) is 1. The Bertz CT molecular complexity index is 1150. The van der Waals surface area contributed by atoms with Crippen molar-refractivity contribution in [1.82, 2.24) is 10.6 Å². The summed E-state index contributed by atoms with van der Waals surface area (Å²) in [6.45, 7) is 0.538. The maximum Gasteiger partial charge on any atom is 0.328 e. The molecule has 0 fully saturated rings. The number of amides is 1. The van der Waals surface area contributed by atoms with E-state index in [1.54, 1.807) is 24.3 Å². The highest BCUT2D eigenvalue weighted by Gasteiger charge is 2.26. The third-order valence-corrected chi connectivity index (χ3v) is 6.16. The zero-order chi connectivity index (χ0) is 26.2. The molecule has 0 spiro atoms. The number of Topliss-reactive ketones (excluding diaryl/α,β-unsaturated/α-hetero) is 1. The number of benzene rings is 2. The number of carbonyl (C=O) groups excluding carboxylic acids is 3. The van der Waals surface area contributed by atoms with Crippen molar-refractivity contribution in [3.63, 3.8) is 0 Å². The van der Waals surface area contributed by atoms with Crippen molar-refractivity contribution < 1.29 is 23.9 Å². The molecule has 192 valence electrons. The number of methoxy groups -OCH3 is 1. The molecular weight excluding hydrogens is 509 g/mol. The van der Waals surface area contributed by atoms with Gasteiger partial charge < -0.3 is 31.6 Å². The lowest BCUT2D eigenvalue weighted by molar-refractivity contribution is -0.143. The first kappa shape index (κ1) is 27.3. The van der Waals surface area contributed by atoms with E-state index in [0.717, 1.165) is 5.56 Å². The van der Waals surface area contributed by atoms with Gasteiger partial charge in [-0.1, -0.05) is 29.3 Å². The van der Waals surface area contributed by atoms with Crippen LogP contribution in [0.3, 0.4) is 0 Å². The molecule has 1 heterocycles. The lowest BCUT2D eigenvalue weighted by Gasteiger charge is -2.27. The van der Waals surface area contributed by atoms with Crippen LogP contribution in [-0.2, 0) is 14.3 Å². The Labute approximate surface area is 218 Å². The zero-order valence-corrected chi connectivity index (χ0v) is 21.1. The highest BCUT2D eigenvalue weighted by Crippen LogP contribution is 2.34. The number of hydrogen-bond donors (Lipinski definition) is 4. The van der Waals surface area contributed by atoms with E-state index < -0.39 is 17.9 Å². The second-order valence-electron chi connectivity index (χ2n) is 8.05. The molecule has 3 rings (SSSR count). The van der Waals surface area contributed by atoms with Gasteiger partial charge in [0.1, 0.15) is 17.6 Å². The molecule has 2 aromatic carbocycles. The lowest BCUT2D eigenvalue weighted by Crippen LogP contribution is -2.42. The number of nitrogens with one attached hydrogen (secondary N) is 2. The Morgan fingerprint density at radius 3 is 2.58 bits per heavy atom. The number of rotatable bonds is 10. The molecular formula is C24H27Cl2N5O5. The van der Waals surface area contributed by atoms with Gasteiger partial charge in [-0.15, -0.1) is 0 Å². The number of aliphatic imine (C=N–C) groups is 1. The number of guanidine groups is 1. The Morgan fingerprint density at radius 2 is 1.92 bits per heavy atom. The average molecular weight is 536 g/mol. The van der Waals surface area contributed by atoms with Crippen molar-refractivity contribution in [1.29, 1.82) is 0 Å². The molecule has 1 aliphatic rings. The first-order valence-electron chi connectivity index (χ1n) is 11.1. The molecule has 0 saturated heterocycles. The van der Waals surface area contributed by atoms with Gasteiger partial charge in [0.2, 0.25) is 0 Å². The number of nitrogens with two attached hydrogens (primary N) is 2. The maximum atomic E-state index is 12.7. The zero-order valence-electron chi connectivity index (χ0n) is 19.6. The Hall–Kier alpha value is -3.34.